The highest BCUT2D eigenvalue weighted by Crippen LogP contribution is 2.22. The average molecular weight is 333 g/mol. The molecule has 3 heterocycles. The van der Waals surface area contributed by atoms with E-state index in [1.807, 2.05) is 10.8 Å². The maximum Gasteiger partial charge on any atom is 0.261 e. The third-order valence-corrected chi connectivity index (χ3v) is 4.17. The molecule has 0 radical (unpaired) electrons. The first kappa shape index (κ1) is 15.2. The topological polar surface area (TPSA) is 81.0 Å². The number of imidazole rings is 1. The zero-order chi connectivity index (χ0) is 17.2. The van der Waals surface area contributed by atoms with Gasteiger partial charge in [-0.1, -0.05) is 12.1 Å². The monoisotopic (exact) mass is 333 g/mol. The first-order valence-electron chi connectivity index (χ1n) is 7.98. The second kappa shape index (κ2) is 6.27. The molecule has 2 aromatic heterocycles. The van der Waals surface area contributed by atoms with Crippen molar-refractivity contribution in [2.75, 3.05) is 6.54 Å². The molecule has 2 amide bonds. The fraction of sp³-hybridized carbons (Fsp3) is 0.167. The minimum Gasteiger partial charge on any atom is -0.330 e. The first-order chi connectivity index (χ1) is 12.3. The van der Waals surface area contributed by atoms with E-state index < -0.39 is 0 Å². The molecular weight excluding hydrogens is 318 g/mol. The summed E-state index contributed by atoms with van der Waals surface area (Å²) >= 11 is 0. The molecule has 1 aliphatic heterocycles. The van der Waals surface area contributed by atoms with Crippen molar-refractivity contribution >= 4 is 11.8 Å². The van der Waals surface area contributed by atoms with Gasteiger partial charge in [0.25, 0.3) is 11.8 Å². The molecule has 0 atom stereocenters. The van der Waals surface area contributed by atoms with E-state index in [-0.39, 0.29) is 11.8 Å². The van der Waals surface area contributed by atoms with Gasteiger partial charge in [0.2, 0.25) is 0 Å². The van der Waals surface area contributed by atoms with Gasteiger partial charge in [-0.25, -0.2) is 9.97 Å². The Labute approximate surface area is 144 Å². The minimum absolute atomic E-state index is 0.222. The van der Waals surface area contributed by atoms with Crippen LogP contribution in [0.3, 0.4) is 0 Å². The number of carbonyl (C=O) groups is 2. The number of benzene rings is 1. The molecule has 0 bridgehead atoms. The van der Waals surface area contributed by atoms with Crippen LogP contribution in [0.4, 0.5) is 0 Å². The van der Waals surface area contributed by atoms with Crippen molar-refractivity contribution < 1.29 is 9.59 Å². The van der Waals surface area contributed by atoms with Crippen LogP contribution in [0, 0.1) is 0 Å². The Kier molecular flexibility index (Phi) is 3.81. The van der Waals surface area contributed by atoms with Crippen LogP contribution in [0.5, 0.6) is 0 Å². The molecule has 3 aromatic rings. The lowest BCUT2D eigenvalue weighted by atomic mass is 10.1. The van der Waals surface area contributed by atoms with E-state index in [2.05, 4.69) is 15.0 Å². The van der Waals surface area contributed by atoms with Crippen LogP contribution in [0.25, 0.3) is 11.5 Å². The number of rotatable bonds is 5. The lowest BCUT2D eigenvalue weighted by molar-refractivity contribution is 0.0651. The molecule has 7 nitrogen and oxygen atoms in total. The number of aromatic nitrogens is 4. The fourth-order valence-corrected chi connectivity index (χ4v) is 2.98. The van der Waals surface area contributed by atoms with Gasteiger partial charge in [0.1, 0.15) is 5.69 Å². The number of hydrogen-bond donors (Lipinski definition) is 0. The minimum atomic E-state index is -0.222. The Morgan fingerprint density at radius 2 is 1.64 bits per heavy atom. The van der Waals surface area contributed by atoms with Crippen molar-refractivity contribution in [2.24, 2.45) is 0 Å². The fourth-order valence-electron chi connectivity index (χ4n) is 2.98. The Balaban J connectivity index is 1.44. The molecule has 124 valence electrons. The van der Waals surface area contributed by atoms with Gasteiger partial charge in [-0.2, -0.15) is 0 Å². The summed E-state index contributed by atoms with van der Waals surface area (Å²) in [5.41, 5.74) is 1.65. The molecular formula is C18H15N5O2. The van der Waals surface area contributed by atoms with Gasteiger partial charge in [0.05, 0.1) is 17.3 Å². The summed E-state index contributed by atoms with van der Waals surface area (Å²) in [4.78, 5) is 38.6. The number of imide groups is 1. The van der Waals surface area contributed by atoms with E-state index in [9.17, 15) is 9.59 Å². The lowest BCUT2D eigenvalue weighted by Crippen LogP contribution is -2.31. The van der Waals surface area contributed by atoms with Crippen molar-refractivity contribution in [1.29, 1.82) is 0 Å². The molecule has 1 aliphatic rings. The summed E-state index contributed by atoms with van der Waals surface area (Å²) in [5.74, 6) is 0.274. The van der Waals surface area contributed by atoms with Gasteiger partial charge in [-0.3, -0.25) is 19.5 Å². The summed E-state index contributed by atoms with van der Waals surface area (Å²) in [6.45, 7) is 0.990. The maximum atomic E-state index is 12.4. The third-order valence-electron chi connectivity index (χ3n) is 4.17. The third kappa shape index (κ3) is 2.69. The normalized spacial score (nSPS) is 13.4. The van der Waals surface area contributed by atoms with Crippen LogP contribution in [-0.4, -0.2) is 42.8 Å². The first-order valence-corrected chi connectivity index (χ1v) is 7.98. The zero-order valence-electron chi connectivity index (χ0n) is 13.4. The highest BCUT2D eigenvalue weighted by Gasteiger charge is 2.34. The van der Waals surface area contributed by atoms with Crippen LogP contribution in [-0.2, 0) is 6.54 Å². The molecule has 0 aliphatic carbocycles. The molecule has 4 rings (SSSR count). The van der Waals surface area contributed by atoms with Gasteiger partial charge in [0, 0.05) is 37.9 Å². The van der Waals surface area contributed by atoms with Crippen molar-refractivity contribution in [3.8, 4) is 11.5 Å². The lowest BCUT2D eigenvalue weighted by Gasteiger charge is -2.14. The predicted octanol–water partition coefficient (Wildman–Crippen LogP) is 2.03. The van der Waals surface area contributed by atoms with Gasteiger partial charge in [-0.15, -0.1) is 0 Å². The van der Waals surface area contributed by atoms with E-state index in [1.54, 1.807) is 49.1 Å². The summed E-state index contributed by atoms with van der Waals surface area (Å²) < 4.78 is 1.95. The molecule has 0 unspecified atom stereocenters. The number of amides is 2. The van der Waals surface area contributed by atoms with Crippen molar-refractivity contribution in [2.45, 2.75) is 13.0 Å². The summed E-state index contributed by atoms with van der Waals surface area (Å²) in [7, 11) is 0. The number of nitrogens with zero attached hydrogens (tertiary/aromatic N) is 5. The van der Waals surface area contributed by atoms with Gasteiger partial charge < -0.3 is 4.57 Å². The molecule has 25 heavy (non-hydrogen) atoms. The van der Waals surface area contributed by atoms with Crippen molar-refractivity contribution in [1.82, 2.24) is 24.4 Å². The summed E-state index contributed by atoms with van der Waals surface area (Å²) in [6, 6.07) is 6.92. The summed E-state index contributed by atoms with van der Waals surface area (Å²) in [6.07, 6.45) is 9.07. The summed E-state index contributed by atoms with van der Waals surface area (Å²) in [5, 5.41) is 0. The Morgan fingerprint density at radius 3 is 2.32 bits per heavy atom. The van der Waals surface area contributed by atoms with Crippen molar-refractivity contribution in [3.05, 3.63) is 66.4 Å². The second-order valence-electron chi connectivity index (χ2n) is 5.70. The number of carbonyl (C=O) groups excluding carboxylic acids is 2. The molecule has 7 heteroatoms. The van der Waals surface area contributed by atoms with E-state index in [0.29, 0.717) is 36.3 Å². The molecule has 0 saturated carbocycles. The number of hydrogen-bond acceptors (Lipinski definition) is 5. The standard InChI is InChI=1S/C18H15N5O2/c24-17-13-4-1-2-5-14(13)18(25)23(17)10-3-9-22-11-8-21-16(22)15-12-19-6-7-20-15/h1-2,4-8,11-12H,3,9-10H2. The molecule has 0 saturated heterocycles. The van der Waals surface area contributed by atoms with E-state index in [1.165, 1.54) is 4.90 Å². The smallest absolute Gasteiger partial charge is 0.261 e. The number of aryl methyl sites for hydroxylation is 1. The highest BCUT2D eigenvalue weighted by molar-refractivity contribution is 6.21. The Bertz CT molecular complexity index is 900. The number of fused-ring (bicyclic) bond motifs is 1. The van der Waals surface area contributed by atoms with Crippen LogP contribution in [0.1, 0.15) is 27.1 Å². The van der Waals surface area contributed by atoms with Crippen LogP contribution >= 0.6 is 0 Å². The van der Waals surface area contributed by atoms with Crippen LogP contribution in [0.15, 0.2) is 55.2 Å². The van der Waals surface area contributed by atoms with E-state index >= 15 is 0 Å². The van der Waals surface area contributed by atoms with Crippen LogP contribution < -0.4 is 0 Å². The molecule has 0 fully saturated rings. The van der Waals surface area contributed by atoms with E-state index in [0.717, 1.165) is 5.82 Å². The largest absolute Gasteiger partial charge is 0.330 e. The molecule has 0 spiro atoms. The molecule has 0 N–H and O–H groups in total. The Hall–Kier alpha value is -3.35. The quantitative estimate of drug-likeness (QED) is 0.667. The second-order valence-corrected chi connectivity index (χ2v) is 5.70. The SMILES string of the molecule is O=C1c2ccccc2C(=O)N1CCCn1ccnc1-c1cnccn1. The average Bonchev–Trinajstić information content (AvgIpc) is 3.22. The van der Waals surface area contributed by atoms with Crippen molar-refractivity contribution in [3.63, 3.8) is 0 Å². The Morgan fingerprint density at radius 1 is 0.880 bits per heavy atom. The van der Waals surface area contributed by atoms with Crippen LogP contribution in [0.2, 0.25) is 0 Å². The van der Waals surface area contributed by atoms with Gasteiger partial charge in [-0.05, 0) is 18.6 Å². The zero-order valence-corrected chi connectivity index (χ0v) is 13.4. The predicted molar refractivity (Wildman–Crippen MR) is 89.7 cm³/mol. The highest BCUT2D eigenvalue weighted by atomic mass is 16.2. The molecule has 1 aromatic carbocycles. The van der Waals surface area contributed by atoms with Gasteiger partial charge in [0.15, 0.2) is 5.82 Å². The van der Waals surface area contributed by atoms with Gasteiger partial charge >= 0.3 is 0 Å². The maximum absolute atomic E-state index is 12.4. The van der Waals surface area contributed by atoms with E-state index in [4.69, 9.17) is 0 Å².